The minimum atomic E-state index is 0.0396. The smallest absolute Gasteiger partial charge is 0.226 e. The molecule has 0 bridgehead atoms. The normalized spacial score (nSPS) is 10.7. The number of aromatic nitrogens is 1. The third kappa shape index (κ3) is 7.13. The molecule has 0 fully saturated rings. The van der Waals surface area contributed by atoms with Crippen molar-refractivity contribution in [2.75, 3.05) is 6.54 Å². The first kappa shape index (κ1) is 20.1. The number of hydrogen-bond donors (Lipinski definition) is 1. The highest BCUT2D eigenvalue weighted by Crippen LogP contribution is 2.26. The molecular formula is C21H21BrN2OS2. The molecule has 2 aromatic carbocycles. The van der Waals surface area contributed by atoms with Gasteiger partial charge in [-0.3, -0.25) is 4.79 Å². The van der Waals surface area contributed by atoms with Crippen LogP contribution in [-0.4, -0.2) is 17.4 Å². The molecule has 27 heavy (non-hydrogen) atoms. The van der Waals surface area contributed by atoms with Crippen molar-refractivity contribution in [1.82, 2.24) is 10.3 Å². The van der Waals surface area contributed by atoms with Gasteiger partial charge in [-0.05, 0) is 36.1 Å². The van der Waals surface area contributed by atoms with Gasteiger partial charge in [-0.15, -0.1) is 11.3 Å². The molecule has 0 atom stereocenters. The molecule has 1 heterocycles. The van der Waals surface area contributed by atoms with E-state index in [1.807, 2.05) is 35.7 Å². The Hall–Kier alpha value is -1.63. The predicted octanol–water partition coefficient (Wildman–Crippen LogP) is 5.49. The molecule has 0 saturated carbocycles. The number of thioether (sulfide) groups is 1. The fourth-order valence-corrected chi connectivity index (χ4v) is 4.62. The summed E-state index contributed by atoms with van der Waals surface area (Å²) in [7, 11) is 0. The van der Waals surface area contributed by atoms with Crippen molar-refractivity contribution in [2.24, 2.45) is 0 Å². The molecule has 0 saturated heterocycles. The zero-order chi connectivity index (χ0) is 18.9. The van der Waals surface area contributed by atoms with Gasteiger partial charge in [0.05, 0.1) is 12.1 Å². The monoisotopic (exact) mass is 460 g/mol. The minimum absolute atomic E-state index is 0.0396. The lowest BCUT2D eigenvalue weighted by Crippen LogP contribution is -2.26. The van der Waals surface area contributed by atoms with Gasteiger partial charge in [-0.2, -0.15) is 0 Å². The average Bonchev–Trinajstić information content (AvgIpc) is 3.13. The van der Waals surface area contributed by atoms with Crippen LogP contribution >= 0.6 is 39.0 Å². The summed E-state index contributed by atoms with van der Waals surface area (Å²) in [5, 5.41) is 4.97. The number of rotatable bonds is 9. The number of thiazole rings is 1. The third-order valence-corrected chi connectivity index (χ3v) is 6.62. The molecule has 0 aliphatic carbocycles. The van der Waals surface area contributed by atoms with E-state index in [9.17, 15) is 4.79 Å². The number of carbonyl (C=O) groups is 1. The van der Waals surface area contributed by atoms with Crippen molar-refractivity contribution in [1.29, 1.82) is 0 Å². The molecule has 0 unspecified atom stereocenters. The second-order valence-corrected chi connectivity index (χ2v) is 9.13. The summed E-state index contributed by atoms with van der Waals surface area (Å²) in [5.41, 5.74) is 3.41. The van der Waals surface area contributed by atoms with Gasteiger partial charge in [0.25, 0.3) is 0 Å². The van der Waals surface area contributed by atoms with Crippen molar-refractivity contribution >= 4 is 44.9 Å². The Morgan fingerprint density at radius 2 is 1.85 bits per heavy atom. The Kier molecular flexibility index (Phi) is 7.93. The summed E-state index contributed by atoms with van der Waals surface area (Å²) < 4.78 is 2.09. The van der Waals surface area contributed by atoms with Crippen molar-refractivity contribution in [2.45, 2.75) is 29.4 Å². The van der Waals surface area contributed by atoms with E-state index in [-0.39, 0.29) is 5.91 Å². The van der Waals surface area contributed by atoms with Gasteiger partial charge in [-0.25, -0.2) is 4.98 Å². The molecular weight excluding hydrogens is 440 g/mol. The maximum Gasteiger partial charge on any atom is 0.226 e. The number of benzene rings is 2. The largest absolute Gasteiger partial charge is 0.356 e. The first-order valence-electron chi connectivity index (χ1n) is 8.81. The van der Waals surface area contributed by atoms with Crippen molar-refractivity contribution in [3.8, 4) is 0 Å². The fraction of sp³-hybridized carbons (Fsp3) is 0.238. The third-order valence-electron chi connectivity index (χ3n) is 3.96. The lowest BCUT2D eigenvalue weighted by atomic mass is 10.1. The van der Waals surface area contributed by atoms with E-state index in [2.05, 4.69) is 50.5 Å². The molecule has 3 aromatic rings. The lowest BCUT2D eigenvalue weighted by Gasteiger charge is -2.04. The summed E-state index contributed by atoms with van der Waals surface area (Å²) in [6, 6.07) is 18.6. The van der Waals surface area contributed by atoms with Gasteiger partial charge in [0, 0.05) is 22.2 Å². The van der Waals surface area contributed by atoms with Crippen molar-refractivity contribution in [3.63, 3.8) is 0 Å². The fourth-order valence-electron chi connectivity index (χ4n) is 2.55. The molecule has 0 radical (unpaired) electrons. The van der Waals surface area contributed by atoms with E-state index in [4.69, 9.17) is 0 Å². The number of amides is 1. The average molecular weight is 461 g/mol. The Labute approximate surface area is 176 Å². The van der Waals surface area contributed by atoms with Gasteiger partial charge in [-0.1, -0.05) is 70.2 Å². The molecule has 3 nitrogen and oxygen atoms in total. The van der Waals surface area contributed by atoms with Crippen LogP contribution < -0.4 is 5.32 Å². The minimum Gasteiger partial charge on any atom is -0.356 e. The van der Waals surface area contributed by atoms with E-state index in [0.717, 1.165) is 33.1 Å². The van der Waals surface area contributed by atoms with Crippen LogP contribution in [-0.2, 0) is 23.4 Å². The molecule has 6 heteroatoms. The summed E-state index contributed by atoms with van der Waals surface area (Å²) in [4.78, 5) is 16.7. The molecule has 0 spiro atoms. The van der Waals surface area contributed by atoms with Crippen LogP contribution in [0, 0.1) is 0 Å². The zero-order valence-corrected chi connectivity index (χ0v) is 18.1. The predicted molar refractivity (Wildman–Crippen MR) is 117 cm³/mol. The van der Waals surface area contributed by atoms with Crippen LogP contribution in [0.1, 0.15) is 23.2 Å². The quantitative estimate of drug-likeness (QED) is 0.339. The zero-order valence-electron chi connectivity index (χ0n) is 14.9. The van der Waals surface area contributed by atoms with Crippen LogP contribution in [0.4, 0.5) is 0 Å². The van der Waals surface area contributed by atoms with E-state index < -0.39 is 0 Å². The summed E-state index contributed by atoms with van der Waals surface area (Å²) >= 11 is 6.76. The van der Waals surface area contributed by atoms with Gasteiger partial charge in [0.15, 0.2) is 0 Å². The molecule has 1 N–H and O–H groups in total. The van der Waals surface area contributed by atoms with E-state index in [0.29, 0.717) is 13.0 Å². The highest BCUT2D eigenvalue weighted by atomic mass is 79.9. The van der Waals surface area contributed by atoms with Gasteiger partial charge < -0.3 is 5.32 Å². The summed E-state index contributed by atoms with van der Waals surface area (Å²) in [5.74, 6) is 0.921. The standard InChI is InChI=1S/C21H21BrN2OS2/c22-18-10-8-17(9-11-18)14-26-21-24-19(15-27-21)13-20(25)23-12-4-7-16-5-2-1-3-6-16/h1-3,5-6,8-11,15H,4,7,12-14H2,(H,23,25). The number of aryl methyl sites for hydroxylation is 1. The highest BCUT2D eigenvalue weighted by Gasteiger charge is 2.08. The Balaban J connectivity index is 1.36. The first-order valence-corrected chi connectivity index (χ1v) is 11.5. The Morgan fingerprint density at radius 3 is 2.63 bits per heavy atom. The van der Waals surface area contributed by atoms with Gasteiger partial charge in [0.1, 0.15) is 4.34 Å². The molecule has 0 aliphatic heterocycles. The van der Waals surface area contributed by atoms with Gasteiger partial charge in [0.2, 0.25) is 5.91 Å². The number of carbonyl (C=O) groups excluding carboxylic acids is 1. The topological polar surface area (TPSA) is 42.0 Å². The van der Waals surface area contributed by atoms with E-state index in [1.165, 1.54) is 11.1 Å². The van der Waals surface area contributed by atoms with Gasteiger partial charge >= 0.3 is 0 Å². The second kappa shape index (κ2) is 10.6. The van der Waals surface area contributed by atoms with Crippen LogP contribution in [0.2, 0.25) is 0 Å². The number of nitrogens with one attached hydrogen (secondary N) is 1. The molecule has 140 valence electrons. The van der Waals surface area contributed by atoms with Crippen LogP contribution in [0.25, 0.3) is 0 Å². The molecule has 1 aromatic heterocycles. The molecule has 3 rings (SSSR count). The van der Waals surface area contributed by atoms with E-state index in [1.54, 1.807) is 23.1 Å². The molecule has 0 aliphatic rings. The SMILES string of the molecule is O=C(Cc1csc(SCc2ccc(Br)cc2)n1)NCCCc1ccccc1. The second-order valence-electron chi connectivity index (χ2n) is 6.14. The van der Waals surface area contributed by atoms with Crippen molar-refractivity contribution < 1.29 is 4.79 Å². The Bertz CT molecular complexity index is 850. The van der Waals surface area contributed by atoms with Crippen LogP contribution in [0.15, 0.2) is 68.8 Å². The van der Waals surface area contributed by atoms with Crippen molar-refractivity contribution in [3.05, 3.63) is 81.3 Å². The highest BCUT2D eigenvalue weighted by molar-refractivity contribution is 9.10. The van der Waals surface area contributed by atoms with E-state index >= 15 is 0 Å². The lowest BCUT2D eigenvalue weighted by molar-refractivity contribution is -0.120. The summed E-state index contributed by atoms with van der Waals surface area (Å²) in [6.45, 7) is 0.697. The maximum atomic E-state index is 12.1. The molecule has 1 amide bonds. The number of nitrogens with zero attached hydrogens (tertiary/aromatic N) is 1. The summed E-state index contributed by atoms with van der Waals surface area (Å²) in [6.07, 6.45) is 2.27. The number of halogens is 1. The maximum absolute atomic E-state index is 12.1. The van der Waals surface area contributed by atoms with Crippen LogP contribution in [0.3, 0.4) is 0 Å². The number of hydrogen-bond acceptors (Lipinski definition) is 4. The van der Waals surface area contributed by atoms with Crippen LogP contribution in [0.5, 0.6) is 0 Å². The first-order chi connectivity index (χ1) is 13.2. The Morgan fingerprint density at radius 1 is 1.07 bits per heavy atom.